The first-order chi connectivity index (χ1) is 0. The van der Waals surface area contributed by atoms with Gasteiger partial charge in [-0.05, 0) is 0 Å². The van der Waals surface area contributed by atoms with Gasteiger partial charge in [-0.2, -0.15) is 0 Å². The second-order valence-electron chi connectivity index (χ2n) is 0. The molecule has 0 heterocycles. The maximum atomic E-state index is 0. The molecule has 0 rings (SSSR count). The van der Waals surface area contributed by atoms with Crippen LogP contribution < -0.4 is 0 Å². The van der Waals surface area contributed by atoms with Gasteiger partial charge in [0.25, 0.3) is 0 Å². The minimum atomic E-state index is 0. The third-order valence-electron chi connectivity index (χ3n) is 0. The summed E-state index contributed by atoms with van der Waals surface area (Å²) < 4.78 is 0. The van der Waals surface area contributed by atoms with Crippen LogP contribution in [0.25, 0.3) is 0 Å². The van der Waals surface area contributed by atoms with E-state index < -0.39 is 0 Å². The zero-order valence-corrected chi connectivity index (χ0v) is 19.7. The molecule has 0 fully saturated rings. The van der Waals surface area contributed by atoms with Crippen molar-refractivity contribution in [2.75, 3.05) is 0 Å². The van der Waals surface area contributed by atoms with Gasteiger partial charge >= 0.3 is 180 Å². The van der Waals surface area contributed by atoms with Gasteiger partial charge < -0.3 is 38.3 Å². The number of rotatable bonds is 0. The van der Waals surface area contributed by atoms with Crippen LogP contribution in [0.1, 0.15) is 0 Å². The molecule has 0 aromatic rings. The van der Waals surface area contributed by atoms with Crippen molar-refractivity contribution >= 4 is 75.5 Å². The van der Waals surface area contributed by atoms with Gasteiger partial charge in [-0.1, -0.05) is 0 Å². The molecule has 7 nitrogen and oxygen atoms in total. The van der Waals surface area contributed by atoms with Crippen LogP contribution in [0, 0.1) is 71.2 Å². The van der Waals surface area contributed by atoms with Crippen molar-refractivity contribution in [2.45, 2.75) is 0 Å². The fourth-order valence-electron chi connectivity index (χ4n) is 0. The molecule has 0 amide bonds. The van der Waals surface area contributed by atoms with Crippen LogP contribution >= 0.6 is 0 Å². The Hall–Kier alpha value is 5.62. The van der Waals surface area contributed by atoms with Gasteiger partial charge in [0, 0.05) is 0 Å². The molecule has 13 heteroatoms. The molecular weight excluding hydrogens is 587 g/mol. The quantitative estimate of drug-likeness (QED) is 0.295. The summed E-state index contributed by atoms with van der Waals surface area (Å²) in [5.41, 5.74) is 0. The topological polar surface area (TPSA) is 200 Å². The first-order valence-corrected chi connectivity index (χ1v) is 0. The Kier molecular flexibility index (Phi) is 2170. The van der Waals surface area contributed by atoms with E-state index in [1.54, 1.807) is 0 Å². The third-order valence-corrected chi connectivity index (χ3v) is 0. The Morgan fingerprint density at radius 2 is 0.308 bits per heavy atom. The molecule has 0 spiro atoms. The van der Waals surface area contributed by atoms with E-state index >= 15 is 0 Å². The molecule has 13 heavy (non-hydrogen) atoms. The summed E-state index contributed by atoms with van der Waals surface area (Å²) in [7, 11) is 0. The standard InChI is InChI=1S/2Ca.2La.2Ni.7O/q2*+2;2*+3;2*+2;7*-2. The smallest absolute Gasteiger partial charge is 2.00 e. The molecule has 0 saturated carbocycles. The Morgan fingerprint density at radius 3 is 0.308 bits per heavy atom. The molecule has 72 valence electrons. The normalized spacial score (nSPS) is 0. The summed E-state index contributed by atoms with van der Waals surface area (Å²) in [5.74, 6) is 0. The van der Waals surface area contributed by atoms with Gasteiger partial charge in [-0.15, -0.1) is 0 Å². The predicted octanol–water partition coefficient (Wildman–Crippen LogP) is -1.60. The first-order valence-electron chi connectivity index (χ1n) is 0. The largest absolute Gasteiger partial charge is 3.00 e. The fraction of sp³-hybridized carbons (Fsp3) is 0. The predicted molar refractivity (Wildman–Crippen MR) is 16.3 cm³/mol. The van der Waals surface area contributed by atoms with Crippen molar-refractivity contribution in [3.05, 3.63) is 0 Å². The molecule has 0 aromatic carbocycles. The Balaban J connectivity index is 0. The van der Waals surface area contributed by atoms with Crippen LogP contribution in [-0.4, -0.2) is 75.5 Å². The molecule has 0 aliphatic carbocycles. The van der Waals surface area contributed by atoms with Gasteiger partial charge in [-0.25, -0.2) is 0 Å². The average molecular weight is 587 g/mol. The van der Waals surface area contributed by atoms with E-state index in [1.165, 1.54) is 0 Å². The zero-order valence-electron chi connectivity index (χ0n) is 6.06. The number of hydrogen-bond acceptors (Lipinski definition) is 0. The van der Waals surface area contributed by atoms with Crippen LogP contribution in [0.15, 0.2) is 0 Å². The van der Waals surface area contributed by atoms with E-state index in [1.807, 2.05) is 0 Å². The van der Waals surface area contributed by atoms with Gasteiger partial charge in [-0.3, -0.25) is 0 Å². The summed E-state index contributed by atoms with van der Waals surface area (Å²) in [6.45, 7) is 0. The maximum absolute atomic E-state index is 0. The summed E-state index contributed by atoms with van der Waals surface area (Å²) in [6, 6.07) is 0. The Bertz CT molecular complexity index is 22.5. The Labute approximate surface area is 212 Å². The van der Waals surface area contributed by atoms with Crippen molar-refractivity contribution in [1.82, 2.24) is 0 Å². The Morgan fingerprint density at radius 1 is 0.308 bits per heavy atom. The second-order valence-corrected chi connectivity index (χ2v) is 0. The maximum Gasteiger partial charge on any atom is 3.00 e. The summed E-state index contributed by atoms with van der Waals surface area (Å²) >= 11 is 0. The van der Waals surface area contributed by atoms with E-state index in [-0.39, 0.29) is 218 Å². The van der Waals surface area contributed by atoms with E-state index in [4.69, 9.17) is 0 Å². The molecule has 0 N–H and O–H groups in total. The van der Waals surface area contributed by atoms with E-state index in [0.717, 1.165) is 0 Å². The summed E-state index contributed by atoms with van der Waals surface area (Å²) in [4.78, 5) is 0. The van der Waals surface area contributed by atoms with Crippen LogP contribution in [0.3, 0.4) is 0 Å². The van der Waals surface area contributed by atoms with Crippen LogP contribution in [-0.2, 0) is 71.3 Å². The van der Waals surface area contributed by atoms with Gasteiger partial charge in [0.05, 0.1) is 0 Å². The molecule has 0 aromatic heterocycles. The molecule has 0 bridgehead atoms. The van der Waals surface area contributed by atoms with Crippen molar-refractivity contribution in [1.29, 1.82) is 0 Å². The monoisotopic (exact) mass is 586 g/mol. The SMILES string of the molecule is [Ca+2].[Ca+2].[La+3].[La+3].[Ni+2].[Ni+2].[O-2].[O-2].[O-2].[O-2].[O-2].[O-2].[O-2]. The molecule has 0 aliphatic heterocycles. The molecule has 0 radical (unpaired) electrons. The van der Waals surface area contributed by atoms with Crippen molar-refractivity contribution in [3.8, 4) is 0 Å². The van der Waals surface area contributed by atoms with Crippen molar-refractivity contribution in [3.63, 3.8) is 0 Å². The van der Waals surface area contributed by atoms with Gasteiger partial charge in [0.15, 0.2) is 0 Å². The first kappa shape index (κ1) is 183. The summed E-state index contributed by atoms with van der Waals surface area (Å²) in [6.07, 6.45) is 0. The molecular formula is Ca2La2Ni2O7. The van der Waals surface area contributed by atoms with Gasteiger partial charge in [0.1, 0.15) is 0 Å². The van der Waals surface area contributed by atoms with Crippen LogP contribution in [0.2, 0.25) is 0 Å². The van der Waals surface area contributed by atoms with Crippen molar-refractivity contribution < 1.29 is 143 Å². The van der Waals surface area contributed by atoms with Crippen LogP contribution in [0.4, 0.5) is 0 Å². The van der Waals surface area contributed by atoms with E-state index in [0.29, 0.717) is 0 Å². The molecule has 0 atom stereocenters. The molecule has 0 aliphatic rings. The van der Waals surface area contributed by atoms with Crippen molar-refractivity contribution in [2.24, 2.45) is 0 Å². The van der Waals surface area contributed by atoms with E-state index in [9.17, 15) is 0 Å². The number of hydrogen-bond donors (Lipinski definition) is 0. The average Bonchev–Trinajstić information content (AvgIpc) is 0. The minimum Gasteiger partial charge on any atom is -2.00 e. The third kappa shape index (κ3) is 136. The minimum absolute atomic E-state index is 0. The molecule has 0 unspecified atom stereocenters. The van der Waals surface area contributed by atoms with E-state index in [2.05, 4.69) is 0 Å². The molecule has 0 saturated heterocycles. The fourth-order valence-corrected chi connectivity index (χ4v) is 0. The second kappa shape index (κ2) is 154. The summed E-state index contributed by atoms with van der Waals surface area (Å²) in [5, 5.41) is 0. The zero-order chi connectivity index (χ0) is 0. The van der Waals surface area contributed by atoms with Gasteiger partial charge in [0.2, 0.25) is 0 Å². The van der Waals surface area contributed by atoms with Crippen LogP contribution in [0.5, 0.6) is 0 Å².